The minimum atomic E-state index is -1.09. The molecule has 0 aliphatic heterocycles. The van der Waals surface area contributed by atoms with Gasteiger partial charge in [-0.25, -0.2) is 4.79 Å². The minimum absolute atomic E-state index is 0.138. The third-order valence-corrected chi connectivity index (χ3v) is 15.6. The zero-order chi connectivity index (χ0) is 39.6. The predicted octanol–water partition coefficient (Wildman–Crippen LogP) is 0.308. The summed E-state index contributed by atoms with van der Waals surface area (Å²) in [6, 6.07) is 0. The first-order chi connectivity index (χ1) is 23.8. The molecule has 0 fully saturated rings. The second kappa shape index (κ2) is 25.0. The number of carboxylic acid groups (broad SMARTS) is 1. The minimum Gasteiger partial charge on any atom is -0.465 e. The molecule has 0 rings (SSSR count). The van der Waals surface area contributed by atoms with Crippen LogP contribution in [-0.2, 0) is 35.4 Å². The van der Waals surface area contributed by atoms with Crippen molar-refractivity contribution < 1.29 is 50.4 Å². The van der Waals surface area contributed by atoms with Crippen molar-refractivity contribution in [1.29, 1.82) is 0 Å². The summed E-state index contributed by atoms with van der Waals surface area (Å²) in [6.45, 7) is 34.2. The van der Waals surface area contributed by atoms with Gasteiger partial charge in [0.2, 0.25) is 0 Å². The number of aliphatic hydroxyl groups excluding tert-OH is 1. The van der Waals surface area contributed by atoms with Crippen molar-refractivity contribution >= 4 is 84.2 Å². The van der Waals surface area contributed by atoms with Crippen LogP contribution < -0.4 is 5.32 Å². The lowest BCUT2D eigenvalue weighted by atomic mass is 9.48. The lowest BCUT2D eigenvalue weighted by Gasteiger charge is -2.60. The molecule has 0 saturated carbocycles. The molecule has 0 radical (unpaired) electrons. The van der Waals surface area contributed by atoms with Crippen LogP contribution in [0.5, 0.6) is 0 Å². The van der Waals surface area contributed by atoms with Gasteiger partial charge < -0.3 is 50.9 Å². The van der Waals surface area contributed by atoms with Crippen LogP contribution in [0.4, 0.5) is 4.79 Å². The summed E-state index contributed by atoms with van der Waals surface area (Å²) >= 11 is 0. The standard InChI is InChI=1S/C31H79NO11Si8/c1-28(2,23(36-44-9)37-45-10)19(17-32-27(34)35)21(30(5,6)25(40-48-13)41-49-14)22(31(7,8)26(42-50-15)43-51-16)20(18-33)29(3,4)24(38-46-11)39-47-12/h19-26,32-33H,17-18,44-51H2,1-16H3,(H,34,35). The Balaban J connectivity index is 8.74. The molecule has 51 heavy (non-hydrogen) atoms. The van der Waals surface area contributed by atoms with Gasteiger partial charge in [0, 0.05) is 34.8 Å². The van der Waals surface area contributed by atoms with Crippen molar-refractivity contribution in [3.8, 4) is 0 Å². The molecule has 0 bridgehead atoms. The van der Waals surface area contributed by atoms with E-state index in [4.69, 9.17) is 35.4 Å². The van der Waals surface area contributed by atoms with Crippen molar-refractivity contribution in [3.63, 3.8) is 0 Å². The fourth-order valence-corrected chi connectivity index (χ4v) is 15.5. The summed E-state index contributed by atoms with van der Waals surface area (Å²) in [7, 11) is -7.19. The van der Waals surface area contributed by atoms with E-state index < -0.39 is 137 Å². The summed E-state index contributed by atoms with van der Waals surface area (Å²) in [5.74, 6) is -1.43. The van der Waals surface area contributed by atoms with Gasteiger partial charge in [-0.3, -0.25) is 0 Å². The van der Waals surface area contributed by atoms with Crippen molar-refractivity contribution in [3.05, 3.63) is 0 Å². The fourth-order valence-electron chi connectivity index (χ4n) is 8.11. The van der Waals surface area contributed by atoms with Crippen molar-refractivity contribution in [1.82, 2.24) is 5.32 Å². The van der Waals surface area contributed by atoms with E-state index in [0.717, 1.165) is 0 Å². The van der Waals surface area contributed by atoms with Crippen molar-refractivity contribution in [2.45, 2.75) is 133 Å². The van der Waals surface area contributed by atoms with Crippen molar-refractivity contribution in [2.75, 3.05) is 13.2 Å². The average molecular weight is 867 g/mol. The van der Waals surface area contributed by atoms with Crippen LogP contribution in [0.15, 0.2) is 0 Å². The lowest BCUT2D eigenvalue weighted by molar-refractivity contribution is -0.231. The Labute approximate surface area is 329 Å². The number of carbonyl (C=O) groups is 1. The highest BCUT2D eigenvalue weighted by atomic mass is 28.2. The maximum Gasteiger partial charge on any atom is 0.404 e. The number of nitrogens with one attached hydrogen (secondary N) is 1. The smallest absolute Gasteiger partial charge is 0.404 e. The molecule has 4 atom stereocenters. The highest BCUT2D eigenvalue weighted by molar-refractivity contribution is 6.27. The Morgan fingerprint density at radius 1 is 0.490 bits per heavy atom. The molecular weight excluding hydrogens is 787 g/mol. The molecule has 0 aromatic carbocycles. The van der Waals surface area contributed by atoms with Gasteiger partial charge in [0.05, 0.1) is 0 Å². The van der Waals surface area contributed by atoms with Gasteiger partial charge in [-0.15, -0.1) is 0 Å². The summed E-state index contributed by atoms with van der Waals surface area (Å²) in [4.78, 5) is 12.4. The number of rotatable bonds is 30. The molecule has 4 unspecified atom stereocenters. The van der Waals surface area contributed by atoms with Crippen LogP contribution in [0.25, 0.3) is 0 Å². The molecule has 12 nitrogen and oxygen atoms in total. The first-order valence-electron chi connectivity index (χ1n) is 19.3. The van der Waals surface area contributed by atoms with Gasteiger partial charge in [0.25, 0.3) is 0 Å². The topological polar surface area (TPSA) is 143 Å². The Morgan fingerprint density at radius 3 is 0.961 bits per heavy atom. The molecule has 3 N–H and O–H groups in total. The van der Waals surface area contributed by atoms with E-state index in [9.17, 15) is 15.0 Å². The van der Waals surface area contributed by atoms with E-state index >= 15 is 0 Å². The second-order valence-electron chi connectivity index (χ2n) is 15.4. The quantitative estimate of drug-likeness (QED) is 0.0679. The molecule has 306 valence electrons. The van der Waals surface area contributed by atoms with E-state index in [1.165, 1.54) is 0 Å². The van der Waals surface area contributed by atoms with Crippen molar-refractivity contribution in [2.24, 2.45) is 45.3 Å². The van der Waals surface area contributed by atoms with Crippen LogP contribution in [0.3, 0.4) is 0 Å². The van der Waals surface area contributed by atoms with Gasteiger partial charge >= 0.3 is 6.09 Å². The fraction of sp³-hybridized carbons (Fsp3) is 0.968. The van der Waals surface area contributed by atoms with Crippen LogP contribution in [0.1, 0.15) is 55.4 Å². The van der Waals surface area contributed by atoms with Crippen LogP contribution in [0, 0.1) is 45.3 Å². The van der Waals surface area contributed by atoms with Crippen LogP contribution in [0.2, 0.25) is 52.4 Å². The Kier molecular flexibility index (Phi) is 25.3. The van der Waals surface area contributed by atoms with Crippen LogP contribution in [-0.4, -0.2) is 133 Å². The van der Waals surface area contributed by atoms with Crippen LogP contribution >= 0.6 is 0 Å². The molecule has 1 amide bonds. The van der Waals surface area contributed by atoms with Gasteiger partial charge in [-0.05, 0) is 23.7 Å². The Bertz CT molecular complexity index is 933. The van der Waals surface area contributed by atoms with Gasteiger partial charge in [-0.2, -0.15) is 0 Å². The Morgan fingerprint density at radius 2 is 0.725 bits per heavy atom. The molecule has 0 aromatic rings. The van der Waals surface area contributed by atoms with E-state index in [0.29, 0.717) is 0 Å². The number of amides is 1. The highest BCUT2D eigenvalue weighted by Gasteiger charge is 2.61. The summed E-state index contributed by atoms with van der Waals surface area (Å²) < 4.78 is 52.5. The maximum absolute atomic E-state index is 12.4. The second-order valence-corrected chi connectivity index (χ2v) is 22.7. The van der Waals surface area contributed by atoms with E-state index in [1.54, 1.807) is 0 Å². The SMILES string of the molecule is C[SiH2]OC(O[SiH2]C)C(C)(C)C(CO)C(C(C(CNC(=O)O)C(C)(C)C(O[SiH2]C)O[SiH2]C)C(C)(C)C(O[SiH2]C)O[SiH2]C)C(C)(C)C(O[SiH2]C)O[SiH2]C. The lowest BCUT2D eigenvalue weighted by Crippen LogP contribution is -2.63. The molecule has 0 aliphatic carbocycles. The largest absolute Gasteiger partial charge is 0.465 e. The molecule has 20 heteroatoms. The first-order valence-corrected chi connectivity index (χ1v) is 35.3. The number of hydrogen-bond acceptors (Lipinski definition) is 10. The molecule has 0 heterocycles. The van der Waals surface area contributed by atoms with Gasteiger partial charge in [0.1, 0.15) is 25.2 Å². The normalized spacial score (nSPS) is 19.9. The molecule has 0 aromatic heterocycles. The summed E-state index contributed by atoms with van der Waals surface area (Å²) in [5, 5.41) is 24.8. The zero-order valence-electron chi connectivity index (χ0n) is 35.3. The van der Waals surface area contributed by atoms with E-state index in [2.05, 4.69) is 113 Å². The monoisotopic (exact) mass is 865 g/mol. The molecular formula is C31H79NO11Si8. The first kappa shape index (κ1) is 51.6. The average Bonchev–Trinajstić information content (AvgIpc) is 3.04. The van der Waals surface area contributed by atoms with Gasteiger partial charge in [0.15, 0.2) is 78.1 Å². The number of hydrogen-bond donors (Lipinski definition) is 3. The third-order valence-electron chi connectivity index (χ3n) is 10.5. The molecule has 0 aliphatic rings. The van der Waals surface area contributed by atoms with E-state index in [-0.39, 0.29) is 30.9 Å². The Hall–Kier alpha value is 0.645. The number of aliphatic hydroxyl groups is 1. The molecule has 0 saturated heterocycles. The maximum atomic E-state index is 12.4. The highest BCUT2D eigenvalue weighted by Crippen LogP contribution is 2.59. The van der Waals surface area contributed by atoms with Gasteiger partial charge in [-0.1, -0.05) is 108 Å². The summed E-state index contributed by atoms with van der Waals surface area (Å²) in [6.07, 6.45) is -3.17. The third kappa shape index (κ3) is 14.3. The predicted molar refractivity (Wildman–Crippen MR) is 231 cm³/mol. The molecule has 0 spiro atoms. The van der Waals surface area contributed by atoms with E-state index in [1.807, 2.05) is 0 Å². The summed E-state index contributed by atoms with van der Waals surface area (Å²) in [5.41, 5.74) is -2.70. The zero-order valence-corrected chi connectivity index (χ0v) is 46.6.